The van der Waals surface area contributed by atoms with E-state index in [9.17, 15) is 19.7 Å². The van der Waals surface area contributed by atoms with Crippen LogP contribution in [0.2, 0.25) is 0 Å². The van der Waals surface area contributed by atoms with Crippen molar-refractivity contribution in [3.63, 3.8) is 0 Å². The molecule has 11 heteroatoms. The van der Waals surface area contributed by atoms with E-state index in [2.05, 4.69) is 5.32 Å². The van der Waals surface area contributed by atoms with Gasteiger partial charge in [-0.3, -0.25) is 14.9 Å². The van der Waals surface area contributed by atoms with E-state index in [1.54, 1.807) is 0 Å². The van der Waals surface area contributed by atoms with Gasteiger partial charge in [0.15, 0.2) is 18.1 Å². The van der Waals surface area contributed by atoms with Crippen molar-refractivity contribution in [3.8, 4) is 23.0 Å². The van der Waals surface area contributed by atoms with Crippen molar-refractivity contribution in [2.24, 2.45) is 0 Å². The summed E-state index contributed by atoms with van der Waals surface area (Å²) < 4.78 is 26.0. The Labute approximate surface area is 170 Å². The SMILES string of the molecule is COc1ccc(NC(=O)COC(=O)c2cc(OC)c3c(c2)OCCO3)c([N+](=O)[O-])c1. The van der Waals surface area contributed by atoms with Crippen LogP contribution in [0.4, 0.5) is 11.4 Å². The molecule has 1 aliphatic rings. The fourth-order valence-corrected chi connectivity index (χ4v) is 2.69. The van der Waals surface area contributed by atoms with Gasteiger partial charge in [0.05, 0.1) is 30.8 Å². The normalized spacial score (nSPS) is 11.9. The molecule has 1 N–H and O–H groups in total. The summed E-state index contributed by atoms with van der Waals surface area (Å²) in [6, 6.07) is 6.77. The maximum atomic E-state index is 12.3. The Morgan fingerprint density at radius 3 is 2.60 bits per heavy atom. The molecule has 0 unspecified atom stereocenters. The van der Waals surface area contributed by atoms with E-state index in [1.807, 2.05) is 0 Å². The van der Waals surface area contributed by atoms with Crippen LogP contribution in [0.25, 0.3) is 0 Å². The number of anilines is 1. The van der Waals surface area contributed by atoms with Crippen LogP contribution in [-0.4, -0.2) is 50.8 Å². The zero-order chi connectivity index (χ0) is 21.7. The van der Waals surface area contributed by atoms with Crippen LogP contribution in [0, 0.1) is 10.1 Å². The molecule has 0 radical (unpaired) electrons. The number of benzene rings is 2. The molecular formula is C19H18N2O9. The monoisotopic (exact) mass is 418 g/mol. The summed E-state index contributed by atoms with van der Waals surface area (Å²) in [6.45, 7) is 0.0152. The number of carbonyl (C=O) groups excluding carboxylic acids is 2. The molecule has 1 aliphatic heterocycles. The number of methoxy groups -OCH3 is 2. The Hall–Kier alpha value is -4.02. The summed E-state index contributed by atoms with van der Waals surface area (Å²) in [5.41, 5.74) is -0.312. The molecule has 2 aromatic carbocycles. The van der Waals surface area contributed by atoms with E-state index < -0.39 is 23.4 Å². The number of rotatable bonds is 7. The molecule has 0 bridgehead atoms. The molecule has 3 rings (SSSR count). The number of fused-ring (bicyclic) bond motifs is 1. The third-order valence-electron chi connectivity index (χ3n) is 4.07. The number of hydrogen-bond acceptors (Lipinski definition) is 9. The first-order chi connectivity index (χ1) is 14.4. The lowest BCUT2D eigenvalue weighted by Crippen LogP contribution is -2.22. The van der Waals surface area contributed by atoms with Gasteiger partial charge in [-0.05, 0) is 24.3 Å². The Bertz CT molecular complexity index is 973. The number of nitrogens with zero attached hydrogens (tertiary/aromatic N) is 1. The number of nitrogens with one attached hydrogen (secondary N) is 1. The van der Waals surface area contributed by atoms with Crippen LogP contribution >= 0.6 is 0 Å². The van der Waals surface area contributed by atoms with Gasteiger partial charge in [0.1, 0.15) is 24.7 Å². The topological polar surface area (TPSA) is 135 Å². The van der Waals surface area contributed by atoms with Gasteiger partial charge >= 0.3 is 5.97 Å². The molecule has 2 aromatic rings. The van der Waals surface area contributed by atoms with Crippen molar-refractivity contribution in [2.75, 3.05) is 39.4 Å². The molecule has 0 fully saturated rings. The van der Waals surface area contributed by atoms with E-state index in [0.29, 0.717) is 24.7 Å². The maximum absolute atomic E-state index is 12.3. The van der Waals surface area contributed by atoms with E-state index >= 15 is 0 Å². The first-order valence-corrected chi connectivity index (χ1v) is 8.70. The largest absolute Gasteiger partial charge is 0.496 e. The van der Waals surface area contributed by atoms with Gasteiger partial charge in [0.2, 0.25) is 5.75 Å². The van der Waals surface area contributed by atoms with Gasteiger partial charge in [-0.2, -0.15) is 0 Å². The summed E-state index contributed by atoms with van der Waals surface area (Å²) in [5.74, 6) is -0.294. The van der Waals surface area contributed by atoms with Gasteiger partial charge in [0.25, 0.3) is 11.6 Å². The zero-order valence-electron chi connectivity index (χ0n) is 16.1. The van der Waals surface area contributed by atoms with Gasteiger partial charge < -0.3 is 29.0 Å². The molecule has 0 saturated carbocycles. The predicted octanol–water partition coefficient (Wildman–Crippen LogP) is 2.18. The molecule has 0 aliphatic carbocycles. The third kappa shape index (κ3) is 4.51. The molecule has 0 atom stereocenters. The van der Waals surface area contributed by atoms with E-state index in [4.69, 9.17) is 23.7 Å². The molecule has 30 heavy (non-hydrogen) atoms. The summed E-state index contributed by atoms with van der Waals surface area (Å²) >= 11 is 0. The molecule has 11 nitrogen and oxygen atoms in total. The van der Waals surface area contributed by atoms with Gasteiger partial charge in [-0.15, -0.1) is 0 Å². The Morgan fingerprint density at radius 2 is 1.90 bits per heavy atom. The number of nitro benzene ring substituents is 1. The van der Waals surface area contributed by atoms with Crippen molar-refractivity contribution in [3.05, 3.63) is 46.0 Å². The molecule has 0 spiro atoms. The fourth-order valence-electron chi connectivity index (χ4n) is 2.69. The molecule has 1 heterocycles. The van der Waals surface area contributed by atoms with Crippen LogP contribution in [0.3, 0.4) is 0 Å². The summed E-state index contributed by atoms with van der Waals surface area (Å²) in [5, 5.41) is 13.5. The average molecular weight is 418 g/mol. The molecule has 0 aromatic heterocycles. The highest BCUT2D eigenvalue weighted by atomic mass is 16.6. The molecule has 158 valence electrons. The Balaban J connectivity index is 1.67. The second-order valence-corrected chi connectivity index (χ2v) is 5.97. The minimum Gasteiger partial charge on any atom is -0.496 e. The molecule has 0 saturated heterocycles. The average Bonchev–Trinajstić information content (AvgIpc) is 2.76. The summed E-state index contributed by atoms with van der Waals surface area (Å²) in [6.07, 6.45) is 0. The fraction of sp³-hybridized carbons (Fsp3) is 0.263. The van der Waals surface area contributed by atoms with E-state index in [1.165, 1.54) is 44.6 Å². The van der Waals surface area contributed by atoms with E-state index in [-0.39, 0.29) is 28.4 Å². The highest BCUT2D eigenvalue weighted by Gasteiger charge is 2.23. The molecular weight excluding hydrogens is 400 g/mol. The molecule has 1 amide bonds. The highest BCUT2D eigenvalue weighted by molar-refractivity contribution is 5.97. The smallest absolute Gasteiger partial charge is 0.338 e. The minimum absolute atomic E-state index is 0.0529. The second kappa shape index (κ2) is 8.99. The number of ether oxygens (including phenoxy) is 5. The van der Waals surface area contributed by atoms with Gasteiger partial charge in [-0.25, -0.2) is 4.79 Å². The van der Waals surface area contributed by atoms with Crippen LogP contribution < -0.4 is 24.3 Å². The zero-order valence-corrected chi connectivity index (χ0v) is 16.1. The number of amides is 1. The second-order valence-electron chi connectivity index (χ2n) is 5.97. The summed E-state index contributed by atoms with van der Waals surface area (Å²) in [4.78, 5) is 35.0. The van der Waals surface area contributed by atoms with Crippen molar-refractivity contribution >= 4 is 23.3 Å². The van der Waals surface area contributed by atoms with Crippen molar-refractivity contribution in [1.82, 2.24) is 0 Å². The summed E-state index contributed by atoms with van der Waals surface area (Å²) in [7, 11) is 2.78. The first kappa shape index (κ1) is 20.7. The highest BCUT2D eigenvalue weighted by Crippen LogP contribution is 2.40. The third-order valence-corrected chi connectivity index (χ3v) is 4.07. The lowest BCUT2D eigenvalue weighted by molar-refractivity contribution is -0.384. The van der Waals surface area contributed by atoms with Crippen molar-refractivity contribution in [1.29, 1.82) is 0 Å². The first-order valence-electron chi connectivity index (χ1n) is 8.70. The van der Waals surface area contributed by atoms with Crippen molar-refractivity contribution < 1.29 is 38.2 Å². The number of esters is 1. The predicted molar refractivity (Wildman–Crippen MR) is 103 cm³/mol. The van der Waals surface area contributed by atoms with Crippen molar-refractivity contribution in [2.45, 2.75) is 0 Å². The number of hydrogen-bond donors (Lipinski definition) is 1. The minimum atomic E-state index is -0.801. The van der Waals surface area contributed by atoms with Gasteiger partial charge in [-0.1, -0.05) is 0 Å². The Kier molecular flexibility index (Phi) is 6.20. The lowest BCUT2D eigenvalue weighted by atomic mass is 10.1. The number of nitro groups is 1. The standard InChI is InChI=1S/C19H18N2O9/c1-26-12-3-4-13(14(9-12)21(24)25)20-17(22)10-30-19(23)11-7-15(27-2)18-16(8-11)28-5-6-29-18/h3-4,7-9H,5-6,10H2,1-2H3,(H,20,22). The van der Waals surface area contributed by atoms with E-state index in [0.717, 1.165) is 0 Å². The van der Waals surface area contributed by atoms with Crippen LogP contribution in [-0.2, 0) is 9.53 Å². The maximum Gasteiger partial charge on any atom is 0.338 e. The van der Waals surface area contributed by atoms with Crippen LogP contribution in [0.5, 0.6) is 23.0 Å². The lowest BCUT2D eigenvalue weighted by Gasteiger charge is -2.21. The number of carbonyl (C=O) groups is 2. The quantitative estimate of drug-likeness (QED) is 0.408. The Morgan fingerprint density at radius 1 is 1.13 bits per heavy atom. The van der Waals surface area contributed by atoms with Gasteiger partial charge in [0, 0.05) is 0 Å². The van der Waals surface area contributed by atoms with Crippen LogP contribution in [0.1, 0.15) is 10.4 Å². The van der Waals surface area contributed by atoms with Crippen LogP contribution in [0.15, 0.2) is 30.3 Å².